The van der Waals surface area contributed by atoms with Gasteiger partial charge >= 0.3 is 0 Å². The van der Waals surface area contributed by atoms with Gasteiger partial charge in [0.25, 0.3) is 0 Å². The Morgan fingerprint density at radius 2 is 1.92 bits per heavy atom. The first-order valence-electron chi connectivity index (χ1n) is 4.87. The van der Waals surface area contributed by atoms with Gasteiger partial charge < -0.3 is 5.32 Å². The van der Waals surface area contributed by atoms with Crippen molar-refractivity contribution in [2.24, 2.45) is 0 Å². The van der Waals surface area contributed by atoms with E-state index in [4.69, 9.17) is 0 Å². The standard InChI is InChI=1S/C12H15N/c1-13-12-8-6-11(7-9-12)10-4-2-3-5-10/h4,6-9,13H,2-3,5H2,1H3. The molecule has 68 valence electrons. The van der Waals surface area contributed by atoms with Crippen LogP contribution in [-0.4, -0.2) is 7.05 Å². The van der Waals surface area contributed by atoms with Crippen molar-refractivity contribution in [2.45, 2.75) is 19.3 Å². The molecule has 0 radical (unpaired) electrons. The SMILES string of the molecule is CNc1ccc(C2=CCCC2)cc1. The minimum Gasteiger partial charge on any atom is -0.388 e. The molecule has 1 aliphatic rings. The molecule has 1 N–H and O–H groups in total. The molecule has 0 saturated carbocycles. The van der Waals surface area contributed by atoms with E-state index in [1.807, 2.05) is 7.05 Å². The summed E-state index contributed by atoms with van der Waals surface area (Å²) in [5.74, 6) is 0. The fourth-order valence-electron chi connectivity index (χ4n) is 1.78. The van der Waals surface area contributed by atoms with Gasteiger partial charge in [-0.2, -0.15) is 0 Å². The van der Waals surface area contributed by atoms with E-state index >= 15 is 0 Å². The van der Waals surface area contributed by atoms with Gasteiger partial charge in [-0.25, -0.2) is 0 Å². The molecule has 1 aliphatic carbocycles. The number of anilines is 1. The molecule has 0 spiro atoms. The van der Waals surface area contributed by atoms with E-state index in [9.17, 15) is 0 Å². The molecule has 0 aliphatic heterocycles. The third-order valence-corrected chi connectivity index (χ3v) is 2.59. The number of rotatable bonds is 2. The van der Waals surface area contributed by atoms with Crippen molar-refractivity contribution in [3.8, 4) is 0 Å². The minimum atomic E-state index is 1.18. The van der Waals surface area contributed by atoms with Crippen LogP contribution in [0.25, 0.3) is 5.57 Å². The molecule has 0 unspecified atom stereocenters. The Morgan fingerprint density at radius 3 is 2.46 bits per heavy atom. The highest BCUT2D eigenvalue weighted by Crippen LogP contribution is 2.27. The first-order valence-corrected chi connectivity index (χ1v) is 4.87. The highest BCUT2D eigenvalue weighted by atomic mass is 14.8. The number of hydrogen-bond acceptors (Lipinski definition) is 1. The van der Waals surface area contributed by atoms with Gasteiger partial charge in [-0.15, -0.1) is 0 Å². The van der Waals surface area contributed by atoms with Crippen molar-refractivity contribution in [1.29, 1.82) is 0 Å². The summed E-state index contributed by atoms with van der Waals surface area (Å²) in [6.07, 6.45) is 6.18. The van der Waals surface area contributed by atoms with E-state index in [0.29, 0.717) is 0 Å². The van der Waals surface area contributed by atoms with Crippen molar-refractivity contribution in [3.05, 3.63) is 35.9 Å². The van der Waals surface area contributed by atoms with Crippen LogP contribution in [0.4, 0.5) is 5.69 Å². The molecule has 0 fully saturated rings. The van der Waals surface area contributed by atoms with E-state index in [-0.39, 0.29) is 0 Å². The zero-order valence-electron chi connectivity index (χ0n) is 8.01. The molecule has 0 atom stereocenters. The fraction of sp³-hybridized carbons (Fsp3) is 0.333. The Labute approximate surface area is 79.5 Å². The van der Waals surface area contributed by atoms with E-state index in [2.05, 4.69) is 35.7 Å². The van der Waals surface area contributed by atoms with Crippen LogP contribution in [0.1, 0.15) is 24.8 Å². The summed E-state index contributed by atoms with van der Waals surface area (Å²) < 4.78 is 0. The summed E-state index contributed by atoms with van der Waals surface area (Å²) in [4.78, 5) is 0. The van der Waals surface area contributed by atoms with Crippen molar-refractivity contribution in [2.75, 3.05) is 12.4 Å². The second kappa shape index (κ2) is 3.65. The second-order valence-corrected chi connectivity index (χ2v) is 3.45. The van der Waals surface area contributed by atoms with Crippen molar-refractivity contribution in [3.63, 3.8) is 0 Å². The van der Waals surface area contributed by atoms with Gasteiger partial charge in [0.05, 0.1) is 0 Å². The predicted octanol–water partition coefficient (Wildman–Crippen LogP) is 3.30. The molecule has 2 rings (SSSR count). The van der Waals surface area contributed by atoms with E-state index in [1.54, 1.807) is 0 Å². The molecule has 0 aromatic heterocycles. The quantitative estimate of drug-likeness (QED) is 0.723. The first kappa shape index (κ1) is 8.36. The van der Waals surface area contributed by atoms with Crippen molar-refractivity contribution >= 4 is 11.3 Å². The third-order valence-electron chi connectivity index (χ3n) is 2.59. The summed E-state index contributed by atoms with van der Waals surface area (Å²) in [7, 11) is 1.95. The van der Waals surface area contributed by atoms with E-state index in [0.717, 1.165) is 0 Å². The number of nitrogens with one attached hydrogen (secondary N) is 1. The average molecular weight is 173 g/mol. The van der Waals surface area contributed by atoms with E-state index in [1.165, 1.54) is 36.1 Å². The lowest BCUT2D eigenvalue weighted by Gasteiger charge is -2.03. The number of hydrogen-bond donors (Lipinski definition) is 1. The van der Waals surface area contributed by atoms with Gasteiger partial charge in [0.15, 0.2) is 0 Å². The summed E-state index contributed by atoms with van der Waals surface area (Å²) in [6, 6.07) is 8.66. The maximum Gasteiger partial charge on any atom is 0.0337 e. The Hall–Kier alpha value is -1.24. The lowest BCUT2D eigenvalue weighted by molar-refractivity contribution is 0.935. The van der Waals surface area contributed by atoms with Gasteiger partial charge in [0, 0.05) is 12.7 Å². The average Bonchev–Trinajstić information content (AvgIpc) is 2.71. The zero-order valence-corrected chi connectivity index (χ0v) is 8.01. The molecular weight excluding hydrogens is 158 g/mol. The Bertz CT molecular complexity index is 308. The maximum atomic E-state index is 3.13. The summed E-state index contributed by atoms with van der Waals surface area (Å²) in [5.41, 5.74) is 4.08. The van der Waals surface area contributed by atoms with E-state index < -0.39 is 0 Å². The van der Waals surface area contributed by atoms with Gasteiger partial charge in [-0.3, -0.25) is 0 Å². The Kier molecular flexibility index (Phi) is 2.35. The van der Waals surface area contributed by atoms with Crippen LogP contribution in [-0.2, 0) is 0 Å². The Balaban J connectivity index is 2.22. The molecule has 0 saturated heterocycles. The molecule has 1 aromatic carbocycles. The molecule has 1 aromatic rings. The topological polar surface area (TPSA) is 12.0 Å². The number of allylic oxidation sites excluding steroid dienone is 2. The Morgan fingerprint density at radius 1 is 1.15 bits per heavy atom. The summed E-state index contributed by atoms with van der Waals surface area (Å²) >= 11 is 0. The van der Waals surface area contributed by atoms with Gasteiger partial charge in [0.2, 0.25) is 0 Å². The molecule has 0 bridgehead atoms. The van der Waals surface area contributed by atoms with Gasteiger partial charge in [0.1, 0.15) is 0 Å². The minimum absolute atomic E-state index is 1.18. The lowest BCUT2D eigenvalue weighted by Crippen LogP contribution is -1.87. The van der Waals surface area contributed by atoms with Crippen LogP contribution in [0.2, 0.25) is 0 Å². The van der Waals surface area contributed by atoms with Crippen LogP contribution in [0.5, 0.6) is 0 Å². The van der Waals surface area contributed by atoms with Crippen LogP contribution >= 0.6 is 0 Å². The van der Waals surface area contributed by atoms with Crippen molar-refractivity contribution < 1.29 is 0 Å². The molecule has 0 heterocycles. The predicted molar refractivity (Wildman–Crippen MR) is 57.8 cm³/mol. The third kappa shape index (κ3) is 1.74. The first-order chi connectivity index (χ1) is 6.40. The fourth-order valence-corrected chi connectivity index (χ4v) is 1.78. The smallest absolute Gasteiger partial charge is 0.0337 e. The molecule has 1 nitrogen and oxygen atoms in total. The van der Waals surface area contributed by atoms with Crippen molar-refractivity contribution in [1.82, 2.24) is 0 Å². The monoisotopic (exact) mass is 173 g/mol. The second-order valence-electron chi connectivity index (χ2n) is 3.45. The van der Waals surface area contributed by atoms with Crippen LogP contribution < -0.4 is 5.32 Å². The highest BCUT2D eigenvalue weighted by Gasteiger charge is 2.05. The number of benzene rings is 1. The highest BCUT2D eigenvalue weighted by molar-refractivity contribution is 5.68. The lowest BCUT2D eigenvalue weighted by atomic mass is 10.1. The molecular formula is C12H15N. The largest absolute Gasteiger partial charge is 0.388 e. The maximum absolute atomic E-state index is 3.13. The molecule has 0 amide bonds. The zero-order chi connectivity index (χ0) is 9.10. The van der Waals surface area contributed by atoms with Crippen LogP contribution in [0.3, 0.4) is 0 Å². The molecule has 13 heavy (non-hydrogen) atoms. The van der Waals surface area contributed by atoms with Crippen LogP contribution in [0, 0.1) is 0 Å². The van der Waals surface area contributed by atoms with Gasteiger partial charge in [-0.1, -0.05) is 18.2 Å². The van der Waals surface area contributed by atoms with Crippen LogP contribution in [0.15, 0.2) is 30.3 Å². The molecule has 1 heteroatoms. The summed E-state index contributed by atoms with van der Waals surface area (Å²) in [6.45, 7) is 0. The normalized spacial score (nSPS) is 15.6. The summed E-state index contributed by atoms with van der Waals surface area (Å²) in [5, 5.41) is 3.13. The van der Waals surface area contributed by atoms with Gasteiger partial charge in [-0.05, 0) is 42.5 Å².